The van der Waals surface area contributed by atoms with Crippen LogP contribution in [0.1, 0.15) is 26.7 Å². The Morgan fingerprint density at radius 3 is 2.58 bits per heavy atom. The fourth-order valence-corrected chi connectivity index (χ4v) is 1.83. The van der Waals surface area contributed by atoms with Crippen molar-refractivity contribution in [3.8, 4) is 11.3 Å². The molecule has 0 amide bonds. The van der Waals surface area contributed by atoms with Crippen molar-refractivity contribution in [2.75, 3.05) is 5.73 Å². The fraction of sp³-hybridized carbons (Fsp3) is 0.286. The van der Waals surface area contributed by atoms with Crippen molar-refractivity contribution < 1.29 is 8.94 Å². The van der Waals surface area contributed by atoms with Crippen LogP contribution < -0.4 is 5.73 Å². The van der Waals surface area contributed by atoms with Crippen molar-refractivity contribution in [2.24, 2.45) is 0 Å². The predicted octanol–water partition coefficient (Wildman–Crippen LogP) is 3.36. The van der Waals surface area contributed by atoms with Crippen LogP contribution in [0.15, 0.2) is 33.2 Å². The zero-order valence-corrected chi connectivity index (χ0v) is 11.1. The van der Waals surface area contributed by atoms with E-state index in [9.17, 15) is 0 Å². The summed E-state index contributed by atoms with van der Waals surface area (Å²) in [4.78, 5) is 4.52. The fourth-order valence-electron chi connectivity index (χ4n) is 1.83. The number of hydrogen-bond donors (Lipinski definition) is 1. The normalized spacial score (nSPS) is 12.2. The first kappa shape index (κ1) is 11.8. The van der Waals surface area contributed by atoms with Gasteiger partial charge in [0.25, 0.3) is 0 Å². The van der Waals surface area contributed by atoms with E-state index in [4.69, 9.17) is 14.7 Å². The lowest BCUT2D eigenvalue weighted by Crippen LogP contribution is -2.10. The molecule has 0 aliphatic heterocycles. The van der Waals surface area contributed by atoms with Crippen molar-refractivity contribution in [1.29, 1.82) is 0 Å². The highest BCUT2D eigenvalue weighted by molar-refractivity contribution is 5.79. The van der Waals surface area contributed by atoms with Gasteiger partial charge < -0.3 is 14.7 Å². The van der Waals surface area contributed by atoms with Gasteiger partial charge in [0.15, 0.2) is 17.2 Å². The zero-order valence-electron chi connectivity index (χ0n) is 11.1. The third-order valence-corrected chi connectivity index (χ3v) is 2.84. The monoisotopic (exact) mass is 257 g/mol. The minimum absolute atomic E-state index is 0.115. The van der Waals surface area contributed by atoms with E-state index in [1.807, 2.05) is 18.2 Å². The molecule has 3 aromatic rings. The Hall–Kier alpha value is -2.30. The molecule has 0 aliphatic rings. The summed E-state index contributed by atoms with van der Waals surface area (Å²) >= 11 is 0. The van der Waals surface area contributed by atoms with E-state index >= 15 is 0 Å². The molecule has 2 heterocycles. The van der Waals surface area contributed by atoms with Crippen LogP contribution in [0.5, 0.6) is 0 Å². The molecule has 5 nitrogen and oxygen atoms in total. The highest BCUT2D eigenvalue weighted by Gasteiger charge is 2.21. The average molecular weight is 257 g/mol. The third kappa shape index (κ3) is 2.07. The lowest BCUT2D eigenvalue weighted by atomic mass is 9.97. The quantitative estimate of drug-likeness (QED) is 0.723. The van der Waals surface area contributed by atoms with Crippen LogP contribution in [0.4, 0.5) is 5.82 Å². The number of nitrogen functional groups attached to an aromatic ring is 1. The lowest BCUT2D eigenvalue weighted by Gasteiger charge is -2.11. The highest BCUT2D eigenvalue weighted by atomic mass is 16.5. The van der Waals surface area contributed by atoms with E-state index in [0.29, 0.717) is 11.6 Å². The molecule has 0 spiro atoms. The van der Waals surface area contributed by atoms with Gasteiger partial charge in [-0.1, -0.05) is 25.9 Å². The highest BCUT2D eigenvalue weighted by Crippen LogP contribution is 2.29. The van der Waals surface area contributed by atoms with Crippen LogP contribution >= 0.6 is 0 Å². The smallest absolute Gasteiger partial charge is 0.200 e. The second-order valence-electron chi connectivity index (χ2n) is 5.57. The number of nitrogens with two attached hydrogens (primary N) is 1. The van der Waals surface area contributed by atoms with Crippen molar-refractivity contribution in [3.05, 3.63) is 30.2 Å². The van der Waals surface area contributed by atoms with Crippen LogP contribution in [-0.2, 0) is 5.41 Å². The first-order valence-corrected chi connectivity index (χ1v) is 6.07. The second kappa shape index (κ2) is 3.85. The molecule has 5 heteroatoms. The Bertz CT molecular complexity index is 735. The standard InChI is InChI=1S/C14H15N3O2/c1-14(2,3)13-16-9-6-8(4-5-10(9)18-13)11-7-12(15)17-19-11/h4-7H,1-3H3,(H2,15,17). The summed E-state index contributed by atoms with van der Waals surface area (Å²) in [5.41, 5.74) is 7.88. The van der Waals surface area contributed by atoms with E-state index < -0.39 is 0 Å². The average Bonchev–Trinajstić information content (AvgIpc) is 2.92. The molecule has 0 fully saturated rings. The van der Waals surface area contributed by atoms with Gasteiger partial charge in [-0.25, -0.2) is 4.98 Å². The Balaban J connectivity index is 2.11. The van der Waals surface area contributed by atoms with E-state index in [2.05, 4.69) is 30.9 Å². The van der Waals surface area contributed by atoms with E-state index in [-0.39, 0.29) is 5.41 Å². The minimum Gasteiger partial charge on any atom is -0.440 e. The molecule has 0 aliphatic carbocycles. The number of benzene rings is 1. The van der Waals surface area contributed by atoms with Crippen LogP contribution in [0.2, 0.25) is 0 Å². The molecule has 0 unspecified atom stereocenters. The molecule has 2 N–H and O–H groups in total. The maximum absolute atomic E-state index is 5.75. The number of fused-ring (bicyclic) bond motifs is 1. The Labute approximate surface area is 110 Å². The summed E-state index contributed by atoms with van der Waals surface area (Å²) in [6, 6.07) is 7.38. The van der Waals surface area contributed by atoms with Crippen molar-refractivity contribution in [1.82, 2.24) is 10.1 Å². The first-order chi connectivity index (χ1) is 8.93. The van der Waals surface area contributed by atoms with Gasteiger partial charge in [0, 0.05) is 17.0 Å². The van der Waals surface area contributed by atoms with Gasteiger partial charge in [-0.05, 0) is 18.2 Å². The number of aromatic nitrogens is 2. The maximum atomic E-state index is 5.75. The van der Waals surface area contributed by atoms with Gasteiger partial charge >= 0.3 is 0 Å². The van der Waals surface area contributed by atoms with E-state index in [1.54, 1.807) is 6.07 Å². The topological polar surface area (TPSA) is 78.1 Å². The summed E-state index contributed by atoms with van der Waals surface area (Å²) in [5.74, 6) is 1.71. The minimum atomic E-state index is -0.115. The molecule has 98 valence electrons. The molecular weight excluding hydrogens is 242 g/mol. The van der Waals surface area contributed by atoms with E-state index in [1.165, 1.54) is 0 Å². The number of oxazole rings is 1. The Morgan fingerprint density at radius 2 is 1.95 bits per heavy atom. The zero-order chi connectivity index (χ0) is 13.6. The number of anilines is 1. The Kier molecular flexibility index (Phi) is 2.38. The third-order valence-electron chi connectivity index (χ3n) is 2.84. The van der Waals surface area contributed by atoms with Crippen molar-refractivity contribution >= 4 is 16.9 Å². The van der Waals surface area contributed by atoms with Gasteiger partial charge in [0.05, 0.1) is 0 Å². The summed E-state index contributed by atoms with van der Waals surface area (Å²) < 4.78 is 10.9. The predicted molar refractivity (Wildman–Crippen MR) is 72.6 cm³/mol. The van der Waals surface area contributed by atoms with Gasteiger partial charge in [-0.2, -0.15) is 0 Å². The summed E-state index contributed by atoms with van der Waals surface area (Å²) in [5, 5.41) is 3.68. The van der Waals surface area contributed by atoms with Crippen LogP contribution in [0.25, 0.3) is 22.4 Å². The summed E-state index contributed by atoms with van der Waals surface area (Å²) in [6.45, 7) is 6.20. The number of hydrogen-bond acceptors (Lipinski definition) is 5. The number of rotatable bonds is 1. The van der Waals surface area contributed by atoms with Crippen LogP contribution in [0, 0.1) is 0 Å². The lowest BCUT2D eigenvalue weighted by molar-refractivity contribution is 0.411. The maximum Gasteiger partial charge on any atom is 0.200 e. The van der Waals surface area contributed by atoms with Crippen molar-refractivity contribution in [3.63, 3.8) is 0 Å². The molecular formula is C14H15N3O2. The van der Waals surface area contributed by atoms with Gasteiger partial charge in [0.1, 0.15) is 5.52 Å². The van der Waals surface area contributed by atoms with E-state index in [0.717, 1.165) is 22.6 Å². The molecule has 2 aromatic heterocycles. The van der Waals surface area contributed by atoms with Gasteiger partial charge in [-0.3, -0.25) is 0 Å². The molecule has 0 bridgehead atoms. The van der Waals surface area contributed by atoms with Crippen LogP contribution in [-0.4, -0.2) is 10.1 Å². The second-order valence-corrected chi connectivity index (χ2v) is 5.57. The van der Waals surface area contributed by atoms with Crippen LogP contribution in [0.3, 0.4) is 0 Å². The van der Waals surface area contributed by atoms with Gasteiger partial charge in [-0.15, -0.1) is 0 Å². The first-order valence-electron chi connectivity index (χ1n) is 6.07. The van der Waals surface area contributed by atoms with Gasteiger partial charge in [0.2, 0.25) is 5.89 Å². The molecule has 1 aromatic carbocycles. The Morgan fingerprint density at radius 1 is 1.16 bits per heavy atom. The summed E-state index contributed by atoms with van der Waals surface area (Å²) in [7, 11) is 0. The number of nitrogens with zero attached hydrogens (tertiary/aromatic N) is 2. The SMILES string of the molecule is CC(C)(C)c1nc2cc(-c3cc(N)no3)ccc2o1. The van der Waals surface area contributed by atoms with Crippen molar-refractivity contribution in [2.45, 2.75) is 26.2 Å². The molecule has 0 saturated carbocycles. The summed E-state index contributed by atoms with van der Waals surface area (Å²) in [6.07, 6.45) is 0. The molecule has 19 heavy (non-hydrogen) atoms. The largest absolute Gasteiger partial charge is 0.440 e. The molecule has 0 radical (unpaired) electrons. The molecule has 0 atom stereocenters. The molecule has 0 saturated heterocycles. The molecule has 3 rings (SSSR count).